The van der Waals surface area contributed by atoms with Gasteiger partial charge in [-0.05, 0) is 31.2 Å². The number of fused-ring (bicyclic) bond motifs is 1. The predicted octanol–water partition coefficient (Wildman–Crippen LogP) is 4.70. The second-order valence-electron chi connectivity index (χ2n) is 5.80. The lowest BCUT2D eigenvalue weighted by molar-refractivity contribution is 0.0966. The Morgan fingerprint density at radius 1 is 0.833 bits per heavy atom. The summed E-state index contributed by atoms with van der Waals surface area (Å²) in [5.74, 6) is 0.602. The Kier molecular flexibility index (Phi) is 3.47. The Hall–Kier alpha value is -3.20. The van der Waals surface area contributed by atoms with Crippen molar-refractivity contribution in [1.82, 2.24) is 9.55 Å². The van der Waals surface area contributed by atoms with Gasteiger partial charge in [-0.3, -0.25) is 9.36 Å². The van der Waals surface area contributed by atoms with E-state index < -0.39 is 0 Å². The van der Waals surface area contributed by atoms with Crippen LogP contribution in [0.15, 0.2) is 78.9 Å². The Morgan fingerprint density at radius 3 is 2.25 bits per heavy atom. The van der Waals surface area contributed by atoms with E-state index in [-0.39, 0.29) is 5.91 Å². The van der Waals surface area contributed by atoms with Crippen LogP contribution in [0, 0.1) is 6.92 Å². The van der Waals surface area contributed by atoms with Crippen molar-refractivity contribution in [3.8, 4) is 11.4 Å². The number of aryl methyl sites for hydroxylation is 1. The molecule has 116 valence electrons. The van der Waals surface area contributed by atoms with Gasteiger partial charge in [0.05, 0.1) is 11.0 Å². The molecule has 4 aromatic rings. The largest absolute Gasteiger partial charge is 0.268 e. The van der Waals surface area contributed by atoms with E-state index in [1.165, 1.54) is 0 Å². The van der Waals surface area contributed by atoms with Crippen molar-refractivity contribution in [2.75, 3.05) is 0 Å². The molecule has 0 aliphatic rings. The number of aromatic nitrogens is 2. The average Bonchev–Trinajstić information content (AvgIpc) is 3.02. The molecule has 0 fully saturated rings. The Bertz CT molecular complexity index is 1010. The molecule has 24 heavy (non-hydrogen) atoms. The summed E-state index contributed by atoms with van der Waals surface area (Å²) < 4.78 is 1.70. The molecule has 0 saturated carbocycles. The molecular formula is C21H16N2O. The van der Waals surface area contributed by atoms with E-state index in [1.54, 1.807) is 4.57 Å². The lowest BCUT2D eigenvalue weighted by atomic mass is 10.1. The molecule has 4 rings (SSSR count). The van der Waals surface area contributed by atoms with Gasteiger partial charge in [0.15, 0.2) is 0 Å². The van der Waals surface area contributed by atoms with E-state index in [0.29, 0.717) is 11.4 Å². The quantitative estimate of drug-likeness (QED) is 0.538. The number of carbonyl (C=O) groups is 1. The summed E-state index contributed by atoms with van der Waals surface area (Å²) in [6.45, 7) is 2.01. The zero-order valence-electron chi connectivity index (χ0n) is 13.3. The van der Waals surface area contributed by atoms with Crippen molar-refractivity contribution >= 4 is 16.9 Å². The number of para-hydroxylation sites is 2. The maximum absolute atomic E-state index is 13.1. The molecule has 0 bridgehead atoms. The zero-order valence-corrected chi connectivity index (χ0v) is 13.3. The van der Waals surface area contributed by atoms with Crippen LogP contribution in [-0.4, -0.2) is 15.5 Å². The number of imidazole rings is 1. The summed E-state index contributed by atoms with van der Waals surface area (Å²) in [6.07, 6.45) is 0. The first-order valence-electron chi connectivity index (χ1n) is 7.88. The third-order valence-corrected chi connectivity index (χ3v) is 4.09. The number of benzene rings is 3. The van der Waals surface area contributed by atoms with Crippen LogP contribution in [0.1, 0.15) is 15.9 Å². The lowest BCUT2D eigenvalue weighted by Crippen LogP contribution is -2.13. The van der Waals surface area contributed by atoms with Crippen LogP contribution in [0.5, 0.6) is 0 Å². The van der Waals surface area contributed by atoms with E-state index in [1.807, 2.05) is 85.8 Å². The first-order valence-corrected chi connectivity index (χ1v) is 7.88. The van der Waals surface area contributed by atoms with E-state index in [2.05, 4.69) is 4.98 Å². The van der Waals surface area contributed by atoms with Gasteiger partial charge in [-0.2, -0.15) is 0 Å². The van der Waals surface area contributed by atoms with Crippen LogP contribution < -0.4 is 0 Å². The monoisotopic (exact) mass is 312 g/mol. The normalized spacial score (nSPS) is 10.9. The number of hydrogen-bond donors (Lipinski definition) is 0. The van der Waals surface area contributed by atoms with Gasteiger partial charge in [-0.25, -0.2) is 4.98 Å². The maximum Gasteiger partial charge on any atom is 0.264 e. The van der Waals surface area contributed by atoms with Crippen LogP contribution in [0.2, 0.25) is 0 Å². The molecule has 3 nitrogen and oxygen atoms in total. The molecule has 3 heteroatoms. The highest BCUT2D eigenvalue weighted by atomic mass is 16.2. The van der Waals surface area contributed by atoms with Crippen LogP contribution in [-0.2, 0) is 0 Å². The number of nitrogens with zero attached hydrogens (tertiary/aromatic N) is 2. The molecular weight excluding hydrogens is 296 g/mol. The van der Waals surface area contributed by atoms with Gasteiger partial charge in [-0.1, -0.05) is 60.2 Å². The van der Waals surface area contributed by atoms with Crippen molar-refractivity contribution in [3.63, 3.8) is 0 Å². The minimum Gasteiger partial charge on any atom is -0.268 e. The molecule has 0 aliphatic carbocycles. The van der Waals surface area contributed by atoms with Crippen LogP contribution >= 0.6 is 0 Å². The fraction of sp³-hybridized carbons (Fsp3) is 0.0476. The van der Waals surface area contributed by atoms with Gasteiger partial charge in [0, 0.05) is 11.1 Å². The van der Waals surface area contributed by atoms with Gasteiger partial charge in [0.25, 0.3) is 5.91 Å². The lowest BCUT2D eigenvalue weighted by Gasteiger charge is -2.08. The molecule has 0 aliphatic heterocycles. The van der Waals surface area contributed by atoms with Crippen LogP contribution in [0.25, 0.3) is 22.4 Å². The Labute approximate surface area is 140 Å². The Morgan fingerprint density at radius 2 is 1.50 bits per heavy atom. The van der Waals surface area contributed by atoms with Crippen LogP contribution in [0.4, 0.5) is 0 Å². The predicted molar refractivity (Wildman–Crippen MR) is 96.1 cm³/mol. The smallest absolute Gasteiger partial charge is 0.264 e. The molecule has 0 radical (unpaired) electrons. The Balaban J connectivity index is 1.96. The van der Waals surface area contributed by atoms with Crippen LogP contribution in [0.3, 0.4) is 0 Å². The second-order valence-corrected chi connectivity index (χ2v) is 5.80. The summed E-state index contributed by atoms with van der Waals surface area (Å²) in [7, 11) is 0. The zero-order chi connectivity index (χ0) is 16.5. The molecule has 0 N–H and O–H groups in total. The highest BCUT2D eigenvalue weighted by Gasteiger charge is 2.19. The van der Waals surface area contributed by atoms with Crippen molar-refractivity contribution < 1.29 is 4.79 Å². The topological polar surface area (TPSA) is 34.9 Å². The number of carbonyl (C=O) groups excluding carboxylic acids is 1. The minimum absolute atomic E-state index is 0.0671. The fourth-order valence-electron chi connectivity index (χ4n) is 2.84. The maximum atomic E-state index is 13.1. The van der Waals surface area contributed by atoms with E-state index in [0.717, 1.165) is 22.2 Å². The van der Waals surface area contributed by atoms with Crippen molar-refractivity contribution in [2.45, 2.75) is 6.92 Å². The molecule has 0 atom stereocenters. The minimum atomic E-state index is -0.0671. The van der Waals surface area contributed by atoms with Gasteiger partial charge >= 0.3 is 0 Å². The van der Waals surface area contributed by atoms with Crippen molar-refractivity contribution in [1.29, 1.82) is 0 Å². The van der Waals surface area contributed by atoms with E-state index >= 15 is 0 Å². The third-order valence-electron chi connectivity index (χ3n) is 4.09. The summed E-state index contributed by atoms with van der Waals surface area (Å²) >= 11 is 0. The molecule has 1 heterocycles. The average molecular weight is 312 g/mol. The van der Waals surface area contributed by atoms with Gasteiger partial charge < -0.3 is 0 Å². The standard InChI is InChI=1S/C21H16N2O/c1-15-11-13-17(14-12-15)21(24)23-19-10-6-5-9-18(19)22-20(23)16-7-3-2-4-8-16/h2-14H,1H3. The van der Waals surface area contributed by atoms with Crippen molar-refractivity contribution in [2.24, 2.45) is 0 Å². The van der Waals surface area contributed by atoms with Gasteiger partial charge in [-0.15, -0.1) is 0 Å². The van der Waals surface area contributed by atoms with Gasteiger partial charge in [0.1, 0.15) is 5.82 Å². The molecule has 0 amide bonds. The molecule has 0 unspecified atom stereocenters. The first-order chi connectivity index (χ1) is 11.7. The molecule has 1 aromatic heterocycles. The van der Waals surface area contributed by atoms with Gasteiger partial charge in [0.2, 0.25) is 0 Å². The highest BCUT2D eigenvalue weighted by Crippen LogP contribution is 2.25. The second kappa shape index (κ2) is 5.78. The summed E-state index contributed by atoms with van der Waals surface area (Å²) in [5.41, 5.74) is 4.35. The third kappa shape index (κ3) is 2.40. The first kappa shape index (κ1) is 14.4. The van der Waals surface area contributed by atoms with Crippen molar-refractivity contribution in [3.05, 3.63) is 90.0 Å². The molecule has 3 aromatic carbocycles. The summed E-state index contributed by atoms with van der Waals surface area (Å²) in [5, 5.41) is 0. The molecule has 0 spiro atoms. The summed E-state index contributed by atoms with van der Waals surface area (Å²) in [4.78, 5) is 17.8. The SMILES string of the molecule is Cc1ccc(C(=O)n2c(-c3ccccc3)nc3ccccc32)cc1. The highest BCUT2D eigenvalue weighted by molar-refractivity contribution is 6.04. The number of hydrogen-bond acceptors (Lipinski definition) is 2. The fourth-order valence-corrected chi connectivity index (χ4v) is 2.84. The number of rotatable bonds is 2. The van der Waals surface area contributed by atoms with E-state index in [9.17, 15) is 4.79 Å². The summed E-state index contributed by atoms with van der Waals surface area (Å²) in [6, 6.07) is 25.2. The molecule has 0 saturated heterocycles. The van der Waals surface area contributed by atoms with E-state index in [4.69, 9.17) is 0 Å².